The molecular formula is C30H40O6. The molecule has 0 spiro atoms. The summed E-state index contributed by atoms with van der Waals surface area (Å²) in [7, 11) is 0. The summed E-state index contributed by atoms with van der Waals surface area (Å²) >= 11 is 0. The van der Waals surface area contributed by atoms with Crippen LogP contribution >= 0.6 is 0 Å². The van der Waals surface area contributed by atoms with E-state index in [1.807, 2.05) is 24.3 Å². The average molecular weight is 497 g/mol. The third-order valence-electron chi connectivity index (χ3n) is 5.70. The number of esters is 2. The summed E-state index contributed by atoms with van der Waals surface area (Å²) < 4.78 is 21.6. The molecule has 2 rings (SSSR count). The highest BCUT2D eigenvalue weighted by molar-refractivity contribution is 5.90. The van der Waals surface area contributed by atoms with Gasteiger partial charge in [0.05, 0.1) is 26.4 Å². The van der Waals surface area contributed by atoms with Crippen molar-refractivity contribution >= 4 is 23.1 Å². The van der Waals surface area contributed by atoms with Crippen LogP contribution < -0.4 is 9.47 Å². The Morgan fingerprint density at radius 3 is 1.19 bits per heavy atom. The number of carbonyl (C=O) groups excluding carboxylic acids is 2. The number of ether oxygens (including phenoxy) is 4. The molecule has 2 aromatic carbocycles. The highest BCUT2D eigenvalue weighted by Gasteiger charge is 2.10. The van der Waals surface area contributed by atoms with E-state index in [1.54, 1.807) is 0 Å². The van der Waals surface area contributed by atoms with Crippen molar-refractivity contribution in [3.05, 3.63) is 59.7 Å². The van der Waals surface area contributed by atoms with Crippen molar-refractivity contribution in [2.75, 3.05) is 26.4 Å². The molecule has 196 valence electrons. The van der Waals surface area contributed by atoms with Crippen molar-refractivity contribution in [1.82, 2.24) is 0 Å². The fourth-order valence-electron chi connectivity index (χ4n) is 3.91. The number of carbonyl (C=O) groups is 2. The maximum absolute atomic E-state index is 10.8. The molecular weight excluding hydrogens is 456 g/mol. The number of hydrogen-bond acceptors (Lipinski definition) is 6. The van der Waals surface area contributed by atoms with E-state index >= 15 is 0 Å². The molecule has 0 unspecified atom stereocenters. The standard InChI is InChI=1S/C30H40O6/c1-5-29(25-11-15-27(16-12-25)35-21-9-7-19-33-23(3)31)30(6-2)26-13-17-28(18-14-26)36-22-10-8-20-34-24(4)32/h11-18H,5-10,19-22H2,1-4H3/b30-29+. The van der Waals surface area contributed by atoms with Gasteiger partial charge in [-0.05, 0) is 85.1 Å². The fourth-order valence-corrected chi connectivity index (χ4v) is 3.91. The molecule has 6 heteroatoms. The molecule has 0 saturated heterocycles. The van der Waals surface area contributed by atoms with Gasteiger partial charge < -0.3 is 18.9 Å². The summed E-state index contributed by atoms with van der Waals surface area (Å²) in [5.41, 5.74) is 5.04. The Morgan fingerprint density at radius 2 is 0.889 bits per heavy atom. The summed E-state index contributed by atoms with van der Waals surface area (Å²) in [5.74, 6) is 1.20. The van der Waals surface area contributed by atoms with Crippen molar-refractivity contribution in [3.63, 3.8) is 0 Å². The van der Waals surface area contributed by atoms with Crippen LogP contribution in [-0.2, 0) is 19.1 Å². The van der Waals surface area contributed by atoms with Gasteiger partial charge in [-0.25, -0.2) is 0 Å². The monoisotopic (exact) mass is 496 g/mol. The Kier molecular flexibility index (Phi) is 13.2. The lowest BCUT2D eigenvalue weighted by atomic mass is 9.91. The first-order chi connectivity index (χ1) is 17.4. The highest BCUT2D eigenvalue weighted by atomic mass is 16.5. The smallest absolute Gasteiger partial charge is 0.302 e. The second-order valence-electron chi connectivity index (χ2n) is 8.50. The molecule has 0 amide bonds. The zero-order chi connectivity index (χ0) is 26.2. The van der Waals surface area contributed by atoms with Gasteiger partial charge in [-0.15, -0.1) is 0 Å². The lowest BCUT2D eigenvalue weighted by Crippen LogP contribution is -2.03. The van der Waals surface area contributed by atoms with Crippen molar-refractivity contribution in [3.8, 4) is 11.5 Å². The van der Waals surface area contributed by atoms with E-state index in [-0.39, 0.29) is 11.9 Å². The van der Waals surface area contributed by atoms with Gasteiger partial charge in [0.1, 0.15) is 11.5 Å². The SMILES string of the molecule is CC/C(=C(/CC)c1ccc(OCCCCOC(C)=O)cc1)c1ccc(OCCCCOC(C)=O)cc1. The summed E-state index contributed by atoms with van der Waals surface area (Å²) in [6.45, 7) is 9.28. The molecule has 6 nitrogen and oxygen atoms in total. The van der Waals surface area contributed by atoms with Gasteiger partial charge in [-0.2, -0.15) is 0 Å². The molecule has 0 fully saturated rings. The minimum atomic E-state index is -0.244. The van der Waals surface area contributed by atoms with Crippen LogP contribution in [0, 0.1) is 0 Å². The van der Waals surface area contributed by atoms with Gasteiger partial charge in [-0.3, -0.25) is 9.59 Å². The number of benzene rings is 2. The van der Waals surface area contributed by atoms with Crippen LogP contribution in [0.1, 0.15) is 77.3 Å². The van der Waals surface area contributed by atoms with Crippen LogP contribution in [0.4, 0.5) is 0 Å². The first-order valence-electron chi connectivity index (χ1n) is 12.9. The molecule has 0 heterocycles. The highest BCUT2D eigenvalue weighted by Crippen LogP contribution is 2.33. The van der Waals surface area contributed by atoms with E-state index in [4.69, 9.17) is 18.9 Å². The maximum atomic E-state index is 10.8. The Morgan fingerprint density at radius 1 is 0.556 bits per heavy atom. The predicted molar refractivity (Wildman–Crippen MR) is 143 cm³/mol. The molecule has 0 aliphatic rings. The predicted octanol–water partition coefficient (Wildman–Crippen LogP) is 6.86. The van der Waals surface area contributed by atoms with Crippen LogP contribution in [-0.4, -0.2) is 38.4 Å². The molecule has 36 heavy (non-hydrogen) atoms. The third kappa shape index (κ3) is 10.5. The summed E-state index contributed by atoms with van der Waals surface area (Å²) in [6.07, 6.45) is 5.12. The third-order valence-corrected chi connectivity index (χ3v) is 5.70. The number of allylic oxidation sites excluding steroid dienone is 2. The van der Waals surface area contributed by atoms with Crippen molar-refractivity contribution < 1.29 is 28.5 Å². The average Bonchev–Trinajstić information content (AvgIpc) is 2.87. The Hall–Kier alpha value is -3.28. The zero-order valence-electron chi connectivity index (χ0n) is 22.1. The maximum Gasteiger partial charge on any atom is 0.302 e. The van der Waals surface area contributed by atoms with E-state index in [2.05, 4.69) is 38.1 Å². The van der Waals surface area contributed by atoms with Crippen LogP contribution in [0.25, 0.3) is 11.1 Å². The summed E-state index contributed by atoms with van der Waals surface area (Å²) in [6, 6.07) is 16.6. The molecule has 0 aliphatic carbocycles. The molecule has 0 saturated carbocycles. The van der Waals surface area contributed by atoms with Crippen LogP contribution in [0.2, 0.25) is 0 Å². The molecule has 0 aromatic heterocycles. The Bertz CT molecular complexity index is 880. The fraction of sp³-hybridized carbons (Fsp3) is 0.467. The number of unbranched alkanes of at least 4 members (excludes halogenated alkanes) is 2. The first-order valence-corrected chi connectivity index (χ1v) is 12.9. The van der Waals surface area contributed by atoms with Crippen molar-refractivity contribution in [1.29, 1.82) is 0 Å². The van der Waals surface area contributed by atoms with E-state index < -0.39 is 0 Å². The molecule has 0 aliphatic heterocycles. The molecule has 2 aromatic rings. The van der Waals surface area contributed by atoms with E-state index in [0.29, 0.717) is 26.4 Å². The summed E-state index contributed by atoms with van der Waals surface area (Å²) in [5, 5.41) is 0. The minimum Gasteiger partial charge on any atom is -0.494 e. The Balaban J connectivity index is 1.93. The first kappa shape index (κ1) is 29.0. The molecule has 0 bridgehead atoms. The lowest BCUT2D eigenvalue weighted by molar-refractivity contribution is -0.142. The number of hydrogen-bond donors (Lipinski definition) is 0. The molecule has 0 N–H and O–H groups in total. The van der Waals surface area contributed by atoms with Crippen molar-refractivity contribution in [2.24, 2.45) is 0 Å². The van der Waals surface area contributed by atoms with Crippen LogP contribution in [0.3, 0.4) is 0 Å². The van der Waals surface area contributed by atoms with Gasteiger partial charge in [-0.1, -0.05) is 38.1 Å². The van der Waals surface area contributed by atoms with Gasteiger partial charge in [0, 0.05) is 13.8 Å². The van der Waals surface area contributed by atoms with Gasteiger partial charge in [0.25, 0.3) is 0 Å². The van der Waals surface area contributed by atoms with E-state index in [1.165, 1.54) is 36.1 Å². The second kappa shape index (κ2) is 16.4. The van der Waals surface area contributed by atoms with Crippen LogP contribution in [0.15, 0.2) is 48.5 Å². The van der Waals surface area contributed by atoms with Crippen LogP contribution in [0.5, 0.6) is 11.5 Å². The van der Waals surface area contributed by atoms with Gasteiger partial charge in [0.2, 0.25) is 0 Å². The van der Waals surface area contributed by atoms with E-state index in [9.17, 15) is 9.59 Å². The van der Waals surface area contributed by atoms with Gasteiger partial charge in [0.15, 0.2) is 0 Å². The minimum absolute atomic E-state index is 0.244. The second-order valence-corrected chi connectivity index (χ2v) is 8.50. The summed E-state index contributed by atoms with van der Waals surface area (Å²) in [4.78, 5) is 21.6. The van der Waals surface area contributed by atoms with Crippen molar-refractivity contribution in [2.45, 2.75) is 66.2 Å². The zero-order valence-corrected chi connectivity index (χ0v) is 22.1. The number of rotatable bonds is 16. The molecule has 0 atom stereocenters. The molecule has 0 radical (unpaired) electrons. The van der Waals surface area contributed by atoms with Gasteiger partial charge >= 0.3 is 11.9 Å². The van der Waals surface area contributed by atoms with E-state index in [0.717, 1.165) is 50.0 Å². The normalized spacial score (nSPS) is 11.4. The lowest BCUT2D eigenvalue weighted by Gasteiger charge is -2.15. The topological polar surface area (TPSA) is 71.1 Å². The largest absolute Gasteiger partial charge is 0.494 e. The quantitative estimate of drug-likeness (QED) is 0.144. The Labute approximate surface area is 215 Å².